The van der Waals surface area contributed by atoms with Gasteiger partial charge in [0.1, 0.15) is 18.2 Å². The normalized spacial score (nSPS) is 13.6. The van der Waals surface area contributed by atoms with E-state index in [2.05, 4.69) is 21.9 Å². The molecule has 30 heavy (non-hydrogen) atoms. The summed E-state index contributed by atoms with van der Waals surface area (Å²) in [6.07, 6.45) is 2.65. The number of nitrogens with zero attached hydrogens (tertiary/aromatic N) is 3. The highest BCUT2D eigenvalue weighted by molar-refractivity contribution is 5.93. The molecule has 2 heterocycles. The highest BCUT2D eigenvalue weighted by Gasteiger charge is 2.31. The lowest BCUT2D eigenvalue weighted by Crippen LogP contribution is -2.55. The zero-order valence-corrected chi connectivity index (χ0v) is 16.5. The molecule has 4 rings (SSSR count). The zero-order valence-electron chi connectivity index (χ0n) is 16.5. The molecule has 0 atom stereocenters. The Bertz CT molecular complexity index is 1100. The van der Waals surface area contributed by atoms with Gasteiger partial charge in [-0.15, -0.1) is 0 Å². The van der Waals surface area contributed by atoms with Gasteiger partial charge in [-0.3, -0.25) is 4.79 Å². The lowest BCUT2D eigenvalue weighted by Gasteiger charge is -2.38. The highest BCUT2D eigenvalue weighted by Crippen LogP contribution is 2.36. The minimum Gasteiger partial charge on any atom is -0.493 e. The van der Waals surface area contributed by atoms with Gasteiger partial charge in [0, 0.05) is 17.1 Å². The first-order chi connectivity index (χ1) is 14.6. The van der Waals surface area contributed by atoms with Crippen molar-refractivity contribution in [2.75, 3.05) is 25.5 Å². The Kier molecular flexibility index (Phi) is 5.49. The van der Waals surface area contributed by atoms with E-state index in [9.17, 15) is 9.90 Å². The fraction of sp³-hybridized carbons (Fsp3) is 0.227. The van der Waals surface area contributed by atoms with Crippen molar-refractivity contribution in [1.29, 1.82) is 0 Å². The summed E-state index contributed by atoms with van der Waals surface area (Å²) in [5.74, 6) is 1.62. The molecule has 1 aliphatic rings. The van der Waals surface area contributed by atoms with Gasteiger partial charge in [-0.2, -0.15) is 0 Å². The van der Waals surface area contributed by atoms with Crippen LogP contribution < -0.4 is 14.8 Å². The van der Waals surface area contributed by atoms with Crippen LogP contribution in [0.3, 0.4) is 0 Å². The van der Waals surface area contributed by atoms with E-state index in [1.54, 1.807) is 18.1 Å². The van der Waals surface area contributed by atoms with Gasteiger partial charge in [-0.25, -0.2) is 9.97 Å². The van der Waals surface area contributed by atoms with Gasteiger partial charge in [0.2, 0.25) is 5.91 Å². The Morgan fingerprint density at radius 3 is 2.87 bits per heavy atom. The van der Waals surface area contributed by atoms with E-state index in [1.807, 2.05) is 30.3 Å². The molecule has 8 nitrogen and oxygen atoms in total. The molecule has 2 N–H and O–H groups in total. The lowest BCUT2D eigenvalue weighted by atomic mass is 10.1. The molecule has 3 aromatic rings. The zero-order chi connectivity index (χ0) is 21.1. The molecule has 2 aromatic carbocycles. The van der Waals surface area contributed by atoms with Crippen LogP contribution >= 0.6 is 0 Å². The average molecular weight is 406 g/mol. The Morgan fingerprint density at radius 2 is 2.13 bits per heavy atom. The Morgan fingerprint density at radius 1 is 1.30 bits per heavy atom. The summed E-state index contributed by atoms with van der Waals surface area (Å²) < 4.78 is 11.6. The van der Waals surface area contributed by atoms with Gasteiger partial charge in [-0.1, -0.05) is 18.7 Å². The molecule has 0 radical (unpaired) electrons. The van der Waals surface area contributed by atoms with Crippen molar-refractivity contribution >= 4 is 28.3 Å². The maximum atomic E-state index is 11.6. The highest BCUT2D eigenvalue weighted by atomic mass is 16.5. The van der Waals surface area contributed by atoms with E-state index in [0.29, 0.717) is 35.9 Å². The third-order valence-electron chi connectivity index (χ3n) is 4.92. The molecular formula is C22H22N4O4. The Labute approximate surface area is 173 Å². The summed E-state index contributed by atoms with van der Waals surface area (Å²) in [7, 11) is 1.57. The van der Waals surface area contributed by atoms with Gasteiger partial charge >= 0.3 is 0 Å². The molecule has 1 amide bonds. The first kappa shape index (κ1) is 19.7. The quantitative estimate of drug-likeness (QED) is 0.582. The average Bonchev–Trinajstić information content (AvgIpc) is 2.75. The number of amides is 1. The number of benzene rings is 2. The Hall–Kier alpha value is -3.65. The van der Waals surface area contributed by atoms with Crippen molar-refractivity contribution < 1.29 is 19.4 Å². The second kappa shape index (κ2) is 8.38. The second-order valence-corrected chi connectivity index (χ2v) is 6.91. The van der Waals surface area contributed by atoms with Crippen LogP contribution in [0.15, 0.2) is 55.4 Å². The first-order valence-electron chi connectivity index (χ1n) is 9.49. The smallest absolute Gasteiger partial charge is 0.246 e. The molecule has 0 spiro atoms. The molecule has 0 saturated carbocycles. The van der Waals surface area contributed by atoms with Gasteiger partial charge in [0.05, 0.1) is 32.3 Å². The number of likely N-dealkylation sites (tertiary alicyclic amines) is 1. The van der Waals surface area contributed by atoms with Crippen molar-refractivity contribution in [3.05, 3.63) is 60.9 Å². The molecule has 1 aliphatic heterocycles. The SMILES string of the molecule is C=CC(=O)N1CC(Oc2cc3c(Nc4cccc(CO)c4)ncnc3cc2OC)C1. The summed E-state index contributed by atoms with van der Waals surface area (Å²) >= 11 is 0. The van der Waals surface area contributed by atoms with Gasteiger partial charge < -0.3 is 24.8 Å². The molecule has 1 aromatic heterocycles. The molecule has 1 fully saturated rings. The first-order valence-corrected chi connectivity index (χ1v) is 9.49. The molecule has 1 saturated heterocycles. The van der Waals surface area contributed by atoms with Crippen molar-refractivity contribution in [2.24, 2.45) is 0 Å². The summed E-state index contributed by atoms with van der Waals surface area (Å²) in [6, 6.07) is 11.1. The standard InChI is InChI=1S/C22H22N4O4/c1-3-21(28)26-10-16(11-26)30-20-8-17-18(9-19(20)29-2)23-13-24-22(17)25-15-6-4-5-14(7-15)12-27/h3-9,13,16,27H,1,10-12H2,2H3,(H,23,24,25). The van der Waals surface area contributed by atoms with Crippen LogP contribution in [0.25, 0.3) is 10.9 Å². The van der Waals surface area contributed by atoms with Gasteiger partial charge in [0.15, 0.2) is 11.5 Å². The number of carbonyl (C=O) groups excluding carboxylic acids is 1. The fourth-order valence-electron chi connectivity index (χ4n) is 3.30. The van der Waals surface area contributed by atoms with E-state index >= 15 is 0 Å². The summed E-state index contributed by atoms with van der Waals surface area (Å²) in [5.41, 5.74) is 2.30. The largest absolute Gasteiger partial charge is 0.493 e. The van der Waals surface area contributed by atoms with E-state index < -0.39 is 0 Å². The Balaban J connectivity index is 1.62. The molecule has 0 aliphatic carbocycles. The summed E-state index contributed by atoms with van der Waals surface area (Å²) in [5, 5.41) is 13.4. The number of rotatable bonds is 7. The van der Waals surface area contributed by atoms with Gasteiger partial charge in [-0.05, 0) is 29.8 Å². The van der Waals surface area contributed by atoms with E-state index in [4.69, 9.17) is 9.47 Å². The molecule has 8 heteroatoms. The molecule has 154 valence electrons. The number of aliphatic hydroxyl groups is 1. The number of ether oxygens (including phenoxy) is 2. The summed E-state index contributed by atoms with van der Waals surface area (Å²) in [4.78, 5) is 22.0. The van der Waals surface area contributed by atoms with Crippen molar-refractivity contribution in [1.82, 2.24) is 14.9 Å². The monoisotopic (exact) mass is 406 g/mol. The van der Waals surface area contributed by atoms with Crippen LogP contribution in [0.2, 0.25) is 0 Å². The second-order valence-electron chi connectivity index (χ2n) is 6.91. The van der Waals surface area contributed by atoms with Crippen LogP contribution in [-0.2, 0) is 11.4 Å². The van der Waals surface area contributed by atoms with Crippen LogP contribution in [0.4, 0.5) is 11.5 Å². The number of anilines is 2. The van der Waals surface area contributed by atoms with Gasteiger partial charge in [0.25, 0.3) is 0 Å². The summed E-state index contributed by atoms with van der Waals surface area (Å²) in [6.45, 7) is 4.46. The molecule has 0 unspecified atom stereocenters. The number of hydrogen-bond donors (Lipinski definition) is 2. The van der Waals surface area contributed by atoms with Crippen LogP contribution in [0.1, 0.15) is 5.56 Å². The van der Waals surface area contributed by atoms with Crippen LogP contribution in [0, 0.1) is 0 Å². The predicted molar refractivity (Wildman–Crippen MR) is 113 cm³/mol. The van der Waals surface area contributed by atoms with Crippen LogP contribution in [0.5, 0.6) is 11.5 Å². The number of hydrogen-bond acceptors (Lipinski definition) is 7. The van der Waals surface area contributed by atoms with E-state index in [0.717, 1.165) is 16.6 Å². The van der Waals surface area contributed by atoms with Crippen molar-refractivity contribution in [3.63, 3.8) is 0 Å². The maximum absolute atomic E-state index is 11.6. The number of fused-ring (bicyclic) bond motifs is 1. The minimum atomic E-state index is -0.123. The van der Waals surface area contributed by atoms with E-state index in [1.165, 1.54) is 12.4 Å². The fourth-order valence-corrected chi connectivity index (χ4v) is 3.30. The number of aromatic nitrogens is 2. The van der Waals surface area contributed by atoms with Crippen molar-refractivity contribution in [3.8, 4) is 11.5 Å². The number of methoxy groups -OCH3 is 1. The number of nitrogens with one attached hydrogen (secondary N) is 1. The number of aliphatic hydroxyl groups excluding tert-OH is 1. The number of carbonyl (C=O) groups is 1. The van der Waals surface area contributed by atoms with Crippen LogP contribution in [-0.4, -0.2) is 52.2 Å². The van der Waals surface area contributed by atoms with Crippen molar-refractivity contribution in [2.45, 2.75) is 12.7 Å². The molecular weight excluding hydrogens is 384 g/mol. The maximum Gasteiger partial charge on any atom is 0.246 e. The molecule has 0 bridgehead atoms. The minimum absolute atomic E-state index is 0.0397. The van der Waals surface area contributed by atoms with E-state index in [-0.39, 0.29) is 18.6 Å². The topological polar surface area (TPSA) is 96.8 Å². The lowest BCUT2D eigenvalue weighted by molar-refractivity contribution is -0.134. The third-order valence-corrected chi connectivity index (χ3v) is 4.92. The third kappa shape index (κ3) is 3.90. The predicted octanol–water partition coefficient (Wildman–Crippen LogP) is 2.65.